The van der Waals surface area contributed by atoms with Gasteiger partial charge in [0.25, 0.3) is 5.69 Å². The number of benzene rings is 3. The van der Waals surface area contributed by atoms with Crippen molar-refractivity contribution in [1.29, 1.82) is 0 Å². The average molecular weight is 580 g/mol. The van der Waals surface area contributed by atoms with E-state index in [9.17, 15) is 10.1 Å². The first-order valence-electron chi connectivity index (χ1n) is 13.7. The molecule has 0 saturated carbocycles. The number of nitrogens with zero attached hydrogens (tertiary/aromatic N) is 7. The van der Waals surface area contributed by atoms with Crippen LogP contribution in [0.15, 0.2) is 79.1 Å². The molecule has 12 nitrogen and oxygen atoms in total. The molecule has 12 heteroatoms. The van der Waals surface area contributed by atoms with Crippen LogP contribution in [0.2, 0.25) is 0 Å². The highest BCUT2D eigenvalue weighted by Gasteiger charge is 2.22. The molecule has 2 aromatic heterocycles. The van der Waals surface area contributed by atoms with Crippen LogP contribution in [-0.2, 0) is 19.4 Å². The number of methoxy groups -OCH3 is 2. The van der Waals surface area contributed by atoms with Crippen LogP contribution in [0.3, 0.4) is 0 Å². The first-order chi connectivity index (χ1) is 21.0. The van der Waals surface area contributed by atoms with Gasteiger partial charge in [-0.25, -0.2) is 0 Å². The largest absolute Gasteiger partial charge is 0.493 e. The summed E-state index contributed by atoms with van der Waals surface area (Å²) in [6.45, 7) is 2.76. The molecule has 5 aromatic rings. The number of hydrogen-bond acceptors (Lipinski definition) is 10. The molecule has 0 unspecified atom stereocenters. The molecule has 1 aliphatic rings. The van der Waals surface area contributed by atoms with Gasteiger partial charge in [-0.3, -0.25) is 20.0 Å². The minimum absolute atomic E-state index is 0.118. The van der Waals surface area contributed by atoms with Crippen LogP contribution in [0.1, 0.15) is 16.7 Å². The molecule has 0 saturated heterocycles. The molecule has 3 aromatic carbocycles. The van der Waals surface area contributed by atoms with E-state index in [4.69, 9.17) is 14.2 Å². The quantitative estimate of drug-likeness (QED) is 0.164. The summed E-state index contributed by atoms with van der Waals surface area (Å²) >= 11 is 0. The number of hydrogen-bond donors (Lipinski definition) is 0. The summed E-state index contributed by atoms with van der Waals surface area (Å²) in [5, 5.41) is 24.4. The number of aromatic nitrogens is 5. The Balaban J connectivity index is 1.13. The molecule has 0 N–H and O–H groups in total. The summed E-state index contributed by atoms with van der Waals surface area (Å²) in [5.74, 6) is 2.54. The fraction of sp³-hybridized carbons (Fsp3) is 0.226. The van der Waals surface area contributed by atoms with Crippen molar-refractivity contribution in [2.24, 2.45) is 0 Å². The summed E-state index contributed by atoms with van der Waals surface area (Å²) in [4.78, 5) is 19.1. The maximum atomic E-state index is 11.7. The normalized spacial score (nSPS) is 12.9. The van der Waals surface area contributed by atoms with Crippen LogP contribution in [-0.4, -0.2) is 62.3 Å². The molecule has 218 valence electrons. The lowest BCUT2D eigenvalue weighted by Gasteiger charge is -2.29. The van der Waals surface area contributed by atoms with Gasteiger partial charge in [0.2, 0.25) is 5.82 Å². The van der Waals surface area contributed by atoms with Crippen molar-refractivity contribution in [3.63, 3.8) is 0 Å². The number of fused-ring (bicyclic) bond motifs is 1. The number of tetrazole rings is 1. The standard InChI is InChI=1S/C31H29N7O5/c1-41-29-16-22-12-15-36(20-23(22)17-30(29)42-2)14-11-21-5-7-24(8-6-21)37-34-31(33-35-37)27-18-25(9-10-28(27)38(39)40)43-26-4-3-13-32-19-26/h3-10,13,16-19H,11-12,14-15,20H2,1-2H3. The molecule has 0 aliphatic carbocycles. The molecule has 43 heavy (non-hydrogen) atoms. The predicted octanol–water partition coefficient (Wildman–Crippen LogP) is 5.04. The van der Waals surface area contributed by atoms with Crippen molar-refractivity contribution in [3.8, 4) is 40.1 Å². The summed E-state index contributed by atoms with van der Waals surface area (Å²) in [5.41, 5.74) is 4.50. The van der Waals surface area contributed by atoms with E-state index in [1.165, 1.54) is 39.7 Å². The first-order valence-corrected chi connectivity index (χ1v) is 13.7. The van der Waals surface area contributed by atoms with Crippen LogP contribution < -0.4 is 14.2 Å². The Hall–Kier alpha value is -5.36. The van der Waals surface area contributed by atoms with Gasteiger partial charge in [-0.15, -0.1) is 15.0 Å². The second-order valence-corrected chi connectivity index (χ2v) is 10.0. The van der Waals surface area contributed by atoms with Crippen molar-refractivity contribution in [2.45, 2.75) is 19.4 Å². The Morgan fingerprint density at radius 1 is 0.953 bits per heavy atom. The minimum atomic E-state index is -0.479. The number of nitro groups is 1. The smallest absolute Gasteiger partial charge is 0.280 e. The molecule has 1 aliphatic heterocycles. The third-order valence-electron chi connectivity index (χ3n) is 7.37. The van der Waals surface area contributed by atoms with Gasteiger partial charge >= 0.3 is 0 Å². The van der Waals surface area contributed by atoms with E-state index in [1.807, 2.05) is 24.3 Å². The van der Waals surface area contributed by atoms with Gasteiger partial charge < -0.3 is 14.2 Å². The maximum absolute atomic E-state index is 11.7. The number of pyridine rings is 1. The van der Waals surface area contributed by atoms with E-state index in [1.54, 1.807) is 38.7 Å². The van der Waals surface area contributed by atoms with Crippen molar-refractivity contribution >= 4 is 5.69 Å². The molecule has 3 heterocycles. The summed E-state index contributed by atoms with van der Waals surface area (Å²) in [6.07, 6.45) is 5.03. The van der Waals surface area contributed by atoms with Gasteiger partial charge in [0.05, 0.1) is 31.0 Å². The van der Waals surface area contributed by atoms with Gasteiger partial charge in [-0.2, -0.15) is 0 Å². The van der Waals surface area contributed by atoms with Gasteiger partial charge in [0.15, 0.2) is 11.5 Å². The number of nitro benzene ring substituents is 1. The Kier molecular flexibility index (Phi) is 7.92. The van der Waals surface area contributed by atoms with E-state index in [-0.39, 0.29) is 17.1 Å². The molecule has 0 bridgehead atoms. The predicted molar refractivity (Wildman–Crippen MR) is 158 cm³/mol. The summed E-state index contributed by atoms with van der Waals surface area (Å²) < 4.78 is 16.7. The van der Waals surface area contributed by atoms with Crippen LogP contribution in [0.4, 0.5) is 5.69 Å². The topological polar surface area (TPSA) is 131 Å². The molecular weight excluding hydrogens is 550 g/mol. The minimum Gasteiger partial charge on any atom is -0.493 e. The SMILES string of the molecule is COc1cc2c(cc1OC)CN(CCc1ccc(-n3nnc(-c4cc(Oc5cccnc5)ccc4[N+](=O)[O-])n3)cc1)CC2. The Labute approximate surface area is 247 Å². The van der Waals surface area contributed by atoms with Crippen molar-refractivity contribution < 1.29 is 19.1 Å². The highest BCUT2D eigenvalue weighted by molar-refractivity contribution is 5.69. The highest BCUT2D eigenvalue weighted by atomic mass is 16.6. The Morgan fingerprint density at radius 2 is 1.74 bits per heavy atom. The van der Waals surface area contributed by atoms with Gasteiger partial charge in [-0.05, 0) is 83.3 Å². The van der Waals surface area contributed by atoms with Crippen LogP contribution in [0.25, 0.3) is 17.1 Å². The van der Waals surface area contributed by atoms with Crippen molar-refractivity contribution in [1.82, 2.24) is 30.1 Å². The van der Waals surface area contributed by atoms with E-state index in [0.717, 1.165) is 44.0 Å². The van der Waals surface area contributed by atoms with Crippen molar-refractivity contribution in [2.75, 3.05) is 27.3 Å². The Morgan fingerprint density at radius 3 is 2.47 bits per heavy atom. The molecular formula is C31H29N7O5. The van der Waals surface area contributed by atoms with Gasteiger partial charge in [0, 0.05) is 31.9 Å². The lowest BCUT2D eigenvalue weighted by atomic mass is 9.98. The molecule has 0 radical (unpaired) electrons. The zero-order valence-corrected chi connectivity index (χ0v) is 23.7. The summed E-state index contributed by atoms with van der Waals surface area (Å²) in [6, 6.07) is 20.0. The fourth-order valence-corrected chi connectivity index (χ4v) is 5.11. The maximum Gasteiger partial charge on any atom is 0.280 e. The Bertz CT molecular complexity index is 1740. The molecule has 0 spiro atoms. The average Bonchev–Trinajstić information content (AvgIpc) is 3.54. The van der Waals surface area contributed by atoms with E-state index in [0.29, 0.717) is 17.2 Å². The molecule has 0 fully saturated rings. The lowest BCUT2D eigenvalue weighted by molar-refractivity contribution is -0.384. The van der Waals surface area contributed by atoms with Gasteiger partial charge in [-0.1, -0.05) is 12.1 Å². The van der Waals surface area contributed by atoms with Crippen molar-refractivity contribution in [3.05, 3.63) is 106 Å². The van der Waals surface area contributed by atoms with Gasteiger partial charge in [0.1, 0.15) is 17.1 Å². The highest BCUT2D eigenvalue weighted by Crippen LogP contribution is 2.34. The number of rotatable bonds is 10. The zero-order valence-electron chi connectivity index (χ0n) is 23.7. The monoisotopic (exact) mass is 579 g/mol. The number of ether oxygens (including phenoxy) is 3. The third-order valence-corrected chi connectivity index (χ3v) is 7.37. The molecule has 6 rings (SSSR count). The van der Waals surface area contributed by atoms with Crippen LogP contribution >= 0.6 is 0 Å². The molecule has 0 amide bonds. The van der Waals surface area contributed by atoms with E-state index >= 15 is 0 Å². The summed E-state index contributed by atoms with van der Waals surface area (Å²) in [7, 11) is 3.32. The third kappa shape index (κ3) is 6.14. The first kappa shape index (κ1) is 27.8. The second-order valence-electron chi connectivity index (χ2n) is 10.0. The lowest BCUT2D eigenvalue weighted by Crippen LogP contribution is -2.32. The van der Waals surface area contributed by atoms with Crippen LogP contribution in [0, 0.1) is 10.1 Å². The molecule has 0 atom stereocenters. The van der Waals surface area contributed by atoms with Crippen LogP contribution in [0.5, 0.6) is 23.0 Å². The zero-order chi connectivity index (χ0) is 29.8. The second kappa shape index (κ2) is 12.2. The van der Waals surface area contributed by atoms with E-state index in [2.05, 4.69) is 37.4 Å². The fourth-order valence-electron chi connectivity index (χ4n) is 5.11. The van der Waals surface area contributed by atoms with E-state index < -0.39 is 4.92 Å².